The van der Waals surface area contributed by atoms with Gasteiger partial charge < -0.3 is 9.69 Å². The number of fused-ring (bicyclic) bond motifs is 1. The van der Waals surface area contributed by atoms with Crippen LogP contribution in [0.1, 0.15) is 4.88 Å². The van der Waals surface area contributed by atoms with Crippen LogP contribution in [0.25, 0.3) is 0 Å². The molecule has 1 aliphatic heterocycles. The molecule has 8 heteroatoms. The Bertz CT molecular complexity index is 860. The zero-order valence-electron chi connectivity index (χ0n) is 13.0. The summed E-state index contributed by atoms with van der Waals surface area (Å²) in [4.78, 5) is 19.3. The third kappa shape index (κ3) is 3.55. The van der Waals surface area contributed by atoms with Crippen molar-refractivity contribution in [1.29, 1.82) is 0 Å². The highest BCUT2D eigenvalue weighted by Gasteiger charge is 2.31. The standard InChI is InChI=1S/C16H17N3O3S2/c1-24(21,22)17-8-9-19-13-6-3-2-5-12(13)18-16(14(19)11-20)15-7-4-10-23-15/h2-7,10-11,14,17H,8-9H2,1H3. The number of anilines is 1. The average molecular weight is 363 g/mol. The van der Waals surface area contributed by atoms with Gasteiger partial charge in [0.1, 0.15) is 12.3 Å². The van der Waals surface area contributed by atoms with Crippen LogP contribution in [0.2, 0.25) is 0 Å². The number of sulfonamides is 1. The van der Waals surface area contributed by atoms with E-state index in [0.717, 1.165) is 28.8 Å². The molecule has 3 rings (SSSR count). The molecule has 6 nitrogen and oxygen atoms in total. The van der Waals surface area contributed by atoms with Crippen LogP contribution in [0.3, 0.4) is 0 Å². The summed E-state index contributed by atoms with van der Waals surface area (Å²) in [5.74, 6) is 0. The summed E-state index contributed by atoms with van der Waals surface area (Å²) < 4.78 is 25.1. The van der Waals surface area contributed by atoms with E-state index in [1.165, 1.54) is 11.3 Å². The normalized spacial score (nSPS) is 17.3. The number of nitrogens with zero attached hydrogens (tertiary/aromatic N) is 2. The van der Waals surface area contributed by atoms with Crippen LogP contribution >= 0.6 is 11.3 Å². The minimum atomic E-state index is -3.28. The van der Waals surface area contributed by atoms with Gasteiger partial charge in [-0.15, -0.1) is 11.3 Å². The lowest BCUT2D eigenvalue weighted by Crippen LogP contribution is -2.47. The van der Waals surface area contributed by atoms with Crippen molar-refractivity contribution in [1.82, 2.24) is 4.72 Å². The second-order valence-corrected chi connectivity index (χ2v) is 8.18. The minimum absolute atomic E-state index is 0.217. The lowest BCUT2D eigenvalue weighted by atomic mass is 10.0. The number of aldehydes is 1. The van der Waals surface area contributed by atoms with Crippen molar-refractivity contribution in [3.63, 3.8) is 0 Å². The molecule has 0 spiro atoms. The fraction of sp³-hybridized carbons (Fsp3) is 0.250. The van der Waals surface area contributed by atoms with Gasteiger partial charge in [-0.2, -0.15) is 0 Å². The van der Waals surface area contributed by atoms with Gasteiger partial charge in [0, 0.05) is 13.1 Å². The van der Waals surface area contributed by atoms with Crippen LogP contribution < -0.4 is 9.62 Å². The molecule has 0 amide bonds. The molecule has 0 bridgehead atoms. The second kappa shape index (κ2) is 6.84. The van der Waals surface area contributed by atoms with E-state index >= 15 is 0 Å². The van der Waals surface area contributed by atoms with Gasteiger partial charge >= 0.3 is 0 Å². The minimum Gasteiger partial charge on any atom is -0.353 e. The molecule has 1 aromatic heterocycles. The maximum absolute atomic E-state index is 11.8. The van der Waals surface area contributed by atoms with Crippen LogP contribution in [0.15, 0.2) is 46.8 Å². The highest BCUT2D eigenvalue weighted by Crippen LogP contribution is 2.35. The van der Waals surface area contributed by atoms with Crippen LogP contribution in [-0.2, 0) is 14.8 Å². The molecule has 1 N–H and O–H groups in total. The molecule has 0 fully saturated rings. The highest BCUT2D eigenvalue weighted by molar-refractivity contribution is 7.88. The Labute approximate surface area is 144 Å². The smallest absolute Gasteiger partial charge is 0.208 e. The van der Waals surface area contributed by atoms with Crippen molar-refractivity contribution in [2.45, 2.75) is 6.04 Å². The summed E-state index contributed by atoms with van der Waals surface area (Å²) in [7, 11) is -3.28. The molecule has 2 aromatic rings. The molecule has 126 valence electrons. The van der Waals surface area contributed by atoms with Crippen LogP contribution in [0, 0.1) is 0 Å². The Balaban J connectivity index is 1.97. The maximum atomic E-state index is 11.8. The summed E-state index contributed by atoms with van der Waals surface area (Å²) in [6.07, 6.45) is 1.97. The Morgan fingerprint density at radius 1 is 1.29 bits per heavy atom. The van der Waals surface area contributed by atoms with Gasteiger partial charge in [0.25, 0.3) is 0 Å². The van der Waals surface area contributed by atoms with Crippen LogP contribution in [-0.4, -0.2) is 45.8 Å². The van der Waals surface area contributed by atoms with E-state index in [4.69, 9.17) is 0 Å². The number of hydrogen-bond acceptors (Lipinski definition) is 6. The first-order valence-electron chi connectivity index (χ1n) is 7.37. The number of nitrogens with one attached hydrogen (secondary N) is 1. The molecule has 0 saturated carbocycles. The first-order chi connectivity index (χ1) is 11.5. The molecular formula is C16H17N3O3S2. The van der Waals surface area contributed by atoms with Gasteiger partial charge in [-0.05, 0) is 23.6 Å². The third-order valence-corrected chi connectivity index (χ3v) is 5.29. The van der Waals surface area contributed by atoms with Gasteiger partial charge in [0.2, 0.25) is 10.0 Å². The number of para-hydroxylation sites is 2. The number of thiophene rings is 1. The zero-order chi connectivity index (χ0) is 17.2. The van der Waals surface area contributed by atoms with Gasteiger partial charge in [0.15, 0.2) is 0 Å². The predicted octanol–water partition coefficient (Wildman–Crippen LogP) is 1.81. The van der Waals surface area contributed by atoms with Crippen molar-refractivity contribution in [3.8, 4) is 0 Å². The van der Waals surface area contributed by atoms with Crippen molar-refractivity contribution >= 4 is 44.7 Å². The van der Waals surface area contributed by atoms with Crippen molar-refractivity contribution in [2.75, 3.05) is 24.2 Å². The van der Waals surface area contributed by atoms with Gasteiger partial charge in [-0.1, -0.05) is 18.2 Å². The van der Waals surface area contributed by atoms with E-state index in [9.17, 15) is 13.2 Å². The average Bonchev–Trinajstić information content (AvgIpc) is 3.07. The largest absolute Gasteiger partial charge is 0.353 e. The first kappa shape index (κ1) is 16.8. The van der Waals surface area contributed by atoms with Crippen molar-refractivity contribution in [2.24, 2.45) is 4.99 Å². The number of carbonyl (C=O) groups excluding carboxylic acids is 1. The van der Waals surface area contributed by atoms with E-state index in [2.05, 4.69) is 9.71 Å². The summed E-state index contributed by atoms with van der Waals surface area (Å²) in [6.45, 7) is 0.590. The molecule has 1 atom stereocenters. The number of aliphatic imine (C=N–C) groups is 1. The number of benzene rings is 1. The Morgan fingerprint density at radius 3 is 2.75 bits per heavy atom. The fourth-order valence-corrected chi connectivity index (χ4v) is 3.88. The SMILES string of the molecule is CS(=O)(=O)NCCN1c2ccccc2N=C(c2cccs2)C1C=O. The Hall–Kier alpha value is -2.03. The first-order valence-corrected chi connectivity index (χ1v) is 10.1. The third-order valence-electron chi connectivity index (χ3n) is 3.67. The van der Waals surface area contributed by atoms with Gasteiger partial charge in [-0.25, -0.2) is 18.1 Å². The molecule has 1 unspecified atom stereocenters. The Morgan fingerprint density at radius 2 is 2.08 bits per heavy atom. The topological polar surface area (TPSA) is 78.8 Å². The highest BCUT2D eigenvalue weighted by atomic mass is 32.2. The van der Waals surface area contributed by atoms with Crippen LogP contribution in [0.5, 0.6) is 0 Å². The number of rotatable bonds is 6. The lowest BCUT2D eigenvalue weighted by Gasteiger charge is -2.35. The zero-order valence-corrected chi connectivity index (χ0v) is 14.7. The lowest BCUT2D eigenvalue weighted by molar-refractivity contribution is -0.107. The molecule has 1 aliphatic rings. The van der Waals surface area contributed by atoms with E-state index < -0.39 is 16.1 Å². The quantitative estimate of drug-likeness (QED) is 0.794. The van der Waals surface area contributed by atoms with E-state index in [-0.39, 0.29) is 6.54 Å². The number of carbonyl (C=O) groups is 1. The van der Waals surface area contributed by atoms with E-state index in [1.807, 2.05) is 46.7 Å². The molecule has 0 saturated heterocycles. The summed E-state index contributed by atoms with van der Waals surface area (Å²) in [5.41, 5.74) is 2.29. The van der Waals surface area contributed by atoms with E-state index in [0.29, 0.717) is 12.3 Å². The maximum Gasteiger partial charge on any atom is 0.208 e. The fourth-order valence-electron chi connectivity index (χ4n) is 2.67. The summed E-state index contributed by atoms with van der Waals surface area (Å²) >= 11 is 1.53. The molecule has 2 heterocycles. The summed E-state index contributed by atoms with van der Waals surface area (Å²) in [6, 6.07) is 10.9. The van der Waals surface area contributed by atoms with Gasteiger partial charge in [-0.3, -0.25) is 0 Å². The monoisotopic (exact) mass is 363 g/mol. The Kier molecular flexibility index (Phi) is 4.79. The van der Waals surface area contributed by atoms with Crippen molar-refractivity contribution in [3.05, 3.63) is 46.7 Å². The molecule has 0 radical (unpaired) electrons. The molecule has 24 heavy (non-hydrogen) atoms. The molecular weight excluding hydrogens is 346 g/mol. The molecule has 0 aliphatic carbocycles. The van der Waals surface area contributed by atoms with Crippen molar-refractivity contribution < 1.29 is 13.2 Å². The van der Waals surface area contributed by atoms with E-state index in [1.54, 1.807) is 0 Å². The summed E-state index contributed by atoms with van der Waals surface area (Å²) in [5, 5.41) is 1.94. The van der Waals surface area contributed by atoms with Gasteiger partial charge in [0.05, 0.1) is 28.2 Å². The predicted molar refractivity (Wildman–Crippen MR) is 97.0 cm³/mol. The second-order valence-electron chi connectivity index (χ2n) is 5.40. The molecule has 1 aromatic carbocycles. The number of hydrogen-bond donors (Lipinski definition) is 1. The van der Waals surface area contributed by atoms with Crippen LogP contribution in [0.4, 0.5) is 11.4 Å².